The first-order chi connectivity index (χ1) is 8.97. The van der Waals surface area contributed by atoms with Crippen molar-refractivity contribution in [3.05, 3.63) is 34.2 Å². The minimum absolute atomic E-state index is 0.180. The summed E-state index contributed by atoms with van der Waals surface area (Å²) in [7, 11) is 0. The molecule has 4 N–H and O–H groups in total. The number of H-pyrrole nitrogens is 1. The molecule has 0 bridgehead atoms. The first-order valence-corrected chi connectivity index (χ1v) is 6.24. The van der Waals surface area contributed by atoms with Crippen LogP contribution in [0.1, 0.15) is 38.4 Å². The molecule has 0 saturated heterocycles. The Hall–Kier alpha value is -1.66. The monoisotopic (exact) mass is 270 g/mol. The van der Waals surface area contributed by atoms with Crippen LogP contribution in [-0.4, -0.2) is 34.3 Å². The van der Waals surface area contributed by atoms with Crippen LogP contribution in [0, 0.1) is 0 Å². The van der Waals surface area contributed by atoms with Crippen molar-refractivity contribution in [1.29, 1.82) is 0 Å². The number of hydrogen-bond donors (Lipinski definition) is 4. The standard InChI is InChI=1S/C11H18N2O2.C2H4O2/c1-2-3-5-12-8-10(14)9-4-6-13-11(15)7-9;1-2(3)4/h4,6-7,10,12,14H,2-3,5,8H2,1H3,(H,13,15);1H3,(H,3,4). The number of nitrogens with one attached hydrogen (secondary N) is 2. The fourth-order valence-electron chi connectivity index (χ4n) is 1.33. The number of pyridine rings is 1. The molecule has 0 saturated carbocycles. The highest BCUT2D eigenvalue weighted by Crippen LogP contribution is 2.07. The molecule has 1 rings (SSSR count). The minimum Gasteiger partial charge on any atom is -0.481 e. The van der Waals surface area contributed by atoms with Crippen LogP contribution in [0.15, 0.2) is 23.1 Å². The molecule has 6 nitrogen and oxygen atoms in total. The van der Waals surface area contributed by atoms with Gasteiger partial charge in [0.2, 0.25) is 5.56 Å². The highest BCUT2D eigenvalue weighted by molar-refractivity contribution is 5.62. The smallest absolute Gasteiger partial charge is 0.300 e. The van der Waals surface area contributed by atoms with Crippen molar-refractivity contribution in [1.82, 2.24) is 10.3 Å². The molecule has 1 unspecified atom stereocenters. The first kappa shape index (κ1) is 17.3. The van der Waals surface area contributed by atoms with E-state index >= 15 is 0 Å². The highest BCUT2D eigenvalue weighted by atomic mass is 16.4. The largest absolute Gasteiger partial charge is 0.481 e. The maximum absolute atomic E-state index is 11.0. The third-order valence-electron chi connectivity index (χ3n) is 2.23. The number of aromatic amines is 1. The van der Waals surface area contributed by atoms with Crippen molar-refractivity contribution in [2.24, 2.45) is 0 Å². The van der Waals surface area contributed by atoms with Crippen LogP contribution < -0.4 is 10.9 Å². The number of unbranched alkanes of at least 4 members (excludes halogenated alkanes) is 1. The van der Waals surface area contributed by atoms with E-state index in [2.05, 4.69) is 17.2 Å². The number of carboxylic acids is 1. The van der Waals surface area contributed by atoms with E-state index in [9.17, 15) is 9.90 Å². The quantitative estimate of drug-likeness (QED) is 0.575. The van der Waals surface area contributed by atoms with Crippen LogP contribution in [-0.2, 0) is 4.79 Å². The van der Waals surface area contributed by atoms with E-state index < -0.39 is 12.1 Å². The molecule has 0 aliphatic heterocycles. The second kappa shape index (κ2) is 10.3. The second-order valence-corrected chi connectivity index (χ2v) is 4.08. The van der Waals surface area contributed by atoms with E-state index in [1.165, 1.54) is 6.07 Å². The van der Waals surface area contributed by atoms with Gasteiger partial charge in [-0.3, -0.25) is 9.59 Å². The Bertz CT molecular complexity index is 413. The molecule has 1 atom stereocenters. The predicted octanol–water partition coefficient (Wildman–Crippen LogP) is 0.889. The summed E-state index contributed by atoms with van der Waals surface area (Å²) >= 11 is 0. The van der Waals surface area contributed by atoms with Gasteiger partial charge >= 0.3 is 0 Å². The van der Waals surface area contributed by atoms with Gasteiger partial charge < -0.3 is 20.5 Å². The fraction of sp³-hybridized carbons (Fsp3) is 0.538. The molecule has 19 heavy (non-hydrogen) atoms. The van der Waals surface area contributed by atoms with E-state index in [0.717, 1.165) is 26.3 Å². The number of rotatable bonds is 6. The number of aromatic nitrogens is 1. The Labute approximate surface area is 112 Å². The van der Waals surface area contributed by atoms with Crippen LogP contribution in [0.3, 0.4) is 0 Å². The van der Waals surface area contributed by atoms with Crippen molar-refractivity contribution < 1.29 is 15.0 Å². The third kappa shape index (κ3) is 9.99. The van der Waals surface area contributed by atoms with Gasteiger partial charge in [0.1, 0.15) is 0 Å². The summed E-state index contributed by atoms with van der Waals surface area (Å²) in [6, 6.07) is 3.14. The minimum atomic E-state index is -0.833. The Balaban J connectivity index is 0.000000711. The number of hydrogen-bond acceptors (Lipinski definition) is 4. The van der Waals surface area contributed by atoms with Crippen LogP contribution in [0.5, 0.6) is 0 Å². The SMILES string of the molecule is CC(=O)O.CCCCNCC(O)c1cc[nH]c(=O)c1. The van der Waals surface area contributed by atoms with E-state index in [4.69, 9.17) is 9.90 Å². The Morgan fingerprint density at radius 3 is 2.68 bits per heavy atom. The summed E-state index contributed by atoms with van der Waals surface area (Å²) in [5.41, 5.74) is 0.475. The zero-order valence-electron chi connectivity index (χ0n) is 11.3. The lowest BCUT2D eigenvalue weighted by Gasteiger charge is -2.11. The summed E-state index contributed by atoms with van der Waals surface area (Å²) in [6.07, 6.45) is 3.17. The summed E-state index contributed by atoms with van der Waals surface area (Å²) in [5, 5.41) is 20.3. The van der Waals surface area contributed by atoms with Gasteiger partial charge in [0.15, 0.2) is 0 Å². The van der Waals surface area contributed by atoms with Gasteiger partial charge in [0.25, 0.3) is 5.97 Å². The van der Waals surface area contributed by atoms with Gasteiger partial charge in [-0.25, -0.2) is 0 Å². The molecule has 1 aromatic heterocycles. The van der Waals surface area contributed by atoms with Crippen LogP contribution in [0.25, 0.3) is 0 Å². The molecule has 108 valence electrons. The van der Waals surface area contributed by atoms with Crippen molar-refractivity contribution >= 4 is 5.97 Å². The van der Waals surface area contributed by atoms with Crippen LogP contribution in [0.2, 0.25) is 0 Å². The summed E-state index contributed by atoms with van der Waals surface area (Å²) in [6.45, 7) is 4.59. The average Bonchev–Trinajstić information content (AvgIpc) is 2.34. The van der Waals surface area contributed by atoms with E-state index in [1.807, 2.05) is 0 Å². The molecule has 0 aromatic carbocycles. The van der Waals surface area contributed by atoms with Gasteiger partial charge in [-0.05, 0) is 24.6 Å². The Morgan fingerprint density at radius 2 is 2.16 bits per heavy atom. The zero-order chi connectivity index (χ0) is 14.7. The molecular weight excluding hydrogens is 248 g/mol. The van der Waals surface area contributed by atoms with Gasteiger partial charge in [-0.1, -0.05) is 13.3 Å². The number of carbonyl (C=O) groups is 1. The van der Waals surface area contributed by atoms with E-state index in [-0.39, 0.29) is 5.56 Å². The van der Waals surface area contributed by atoms with E-state index in [0.29, 0.717) is 12.1 Å². The van der Waals surface area contributed by atoms with E-state index in [1.54, 1.807) is 12.3 Å². The molecule has 0 spiro atoms. The average molecular weight is 270 g/mol. The van der Waals surface area contributed by atoms with Gasteiger partial charge in [0, 0.05) is 25.7 Å². The van der Waals surface area contributed by atoms with Crippen molar-refractivity contribution in [3.8, 4) is 0 Å². The lowest BCUT2D eigenvalue weighted by molar-refractivity contribution is -0.134. The molecule has 0 radical (unpaired) electrons. The molecular formula is C13H22N2O4. The Kier molecular flexibility index (Phi) is 9.38. The van der Waals surface area contributed by atoms with Gasteiger partial charge in [-0.2, -0.15) is 0 Å². The second-order valence-electron chi connectivity index (χ2n) is 4.08. The molecule has 0 aliphatic carbocycles. The highest BCUT2D eigenvalue weighted by Gasteiger charge is 2.06. The van der Waals surface area contributed by atoms with Crippen molar-refractivity contribution in [2.75, 3.05) is 13.1 Å². The lowest BCUT2D eigenvalue weighted by atomic mass is 10.1. The van der Waals surface area contributed by atoms with Crippen molar-refractivity contribution in [2.45, 2.75) is 32.8 Å². The summed E-state index contributed by atoms with van der Waals surface area (Å²) in [4.78, 5) is 22.5. The number of aliphatic hydroxyl groups is 1. The van der Waals surface area contributed by atoms with Gasteiger partial charge in [-0.15, -0.1) is 0 Å². The summed E-state index contributed by atoms with van der Waals surface area (Å²) < 4.78 is 0. The molecule has 1 heterocycles. The fourth-order valence-corrected chi connectivity index (χ4v) is 1.33. The molecule has 0 amide bonds. The lowest BCUT2D eigenvalue weighted by Crippen LogP contribution is -2.23. The van der Waals surface area contributed by atoms with Crippen LogP contribution in [0.4, 0.5) is 0 Å². The first-order valence-electron chi connectivity index (χ1n) is 6.24. The normalized spacial score (nSPS) is 11.3. The third-order valence-corrected chi connectivity index (χ3v) is 2.23. The predicted molar refractivity (Wildman–Crippen MR) is 73.1 cm³/mol. The molecule has 1 aromatic rings. The van der Waals surface area contributed by atoms with Gasteiger partial charge in [0.05, 0.1) is 6.10 Å². The maximum Gasteiger partial charge on any atom is 0.300 e. The molecule has 0 fully saturated rings. The number of aliphatic hydroxyl groups excluding tert-OH is 1. The Morgan fingerprint density at radius 1 is 1.53 bits per heavy atom. The number of aliphatic carboxylic acids is 1. The number of carboxylic acid groups (broad SMARTS) is 1. The topological polar surface area (TPSA) is 102 Å². The van der Waals surface area contributed by atoms with Crippen molar-refractivity contribution in [3.63, 3.8) is 0 Å². The van der Waals surface area contributed by atoms with Crippen LogP contribution >= 0.6 is 0 Å². The summed E-state index contributed by atoms with van der Waals surface area (Å²) in [5.74, 6) is -0.833. The maximum atomic E-state index is 11.0. The molecule has 6 heteroatoms. The zero-order valence-corrected chi connectivity index (χ0v) is 11.3. The molecule has 0 aliphatic rings.